The Kier molecular flexibility index (Phi) is 6.23. The van der Waals surface area contributed by atoms with Gasteiger partial charge in [-0.25, -0.2) is 4.98 Å². The molecular weight excluding hydrogens is 388 g/mol. The maximum absolute atomic E-state index is 10.7. The van der Waals surface area contributed by atoms with Gasteiger partial charge in [0.2, 0.25) is 0 Å². The zero-order valence-corrected chi connectivity index (χ0v) is 18.2. The summed E-state index contributed by atoms with van der Waals surface area (Å²) in [6.45, 7) is 4.72. The number of methoxy groups -OCH3 is 1. The van der Waals surface area contributed by atoms with Crippen molar-refractivity contribution < 1.29 is 14.6 Å². The maximum Gasteiger partial charge on any atom is 0.119 e. The van der Waals surface area contributed by atoms with E-state index in [0.29, 0.717) is 13.0 Å². The largest absolute Gasteiger partial charge is 0.497 e. The van der Waals surface area contributed by atoms with E-state index in [1.54, 1.807) is 7.11 Å². The predicted molar refractivity (Wildman–Crippen MR) is 123 cm³/mol. The first-order chi connectivity index (χ1) is 15.0. The van der Waals surface area contributed by atoms with Gasteiger partial charge in [-0.05, 0) is 66.9 Å². The SMILES string of the molecule is COc1ccc(Cc2nc3ccccc3n2CC(O)COc2cc(C)cc(C)c2)cc1. The summed E-state index contributed by atoms with van der Waals surface area (Å²) in [7, 11) is 1.66. The molecule has 0 aliphatic heterocycles. The van der Waals surface area contributed by atoms with Crippen molar-refractivity contribution in [2.24, 2.45) is 0 Å². The minimum absolute atomic E-state index is 0.220. The second-order valence-corrected chi connectivity index (χ2v) is 7.94. The number of aromatic nitrogens is 2. The highest BCUT2D eigenvalue weighted by atomic mass is 16.5. The number of hydrogen-bond donors (Lipinski definition) is 1. The fourth-order valence-corrected chi connectivity index (χ4v) is 3.86. The number of para-hydroxylation sites is 2. The highest BCUT2D eigenvalue weighted by Crippen LogP contribution is 2.21. The molecule has 5 nitrogen and oxygen atoms in total. The number of imidazole rings is 1. The Morgan fingerprint density at radius 3 is 2.35 bits per heavy atom. The van der Waals surface area contributed by atoms with E-state index in [9.17, 15) is 5.11 Å². The summed E-state index contributed by atoms with van der Waals surface area (Å²) in [4.78, 5) is 4.82. The molecule has 1 aromatic heterocycles. The Morgan fingerprint density at radius 1 is 0.935 bits per heavy atom. The number of hydrogen-bond acceptors (Lipinski definition) is 4. The monoisotopic (exact) mass is 416 g/mol. The molecule has 0 fully saturated rings. The van der Waals surface area contributed by atoms with Gasteiger partial charge in [-0.3, -0.25) is 0 Å². The number of fused-ring (bicyclic) bond motifs is 1. The van der Waals surface area contributed by atoms with Gasteiger partial charge in [0.15, 0.2) is 0 Å². The van der Waals surface area contributed by atoms with Crippen LogP contribution in [0.25, 0.3) is 11.0 Å². The smallest absolute Gasteiger partial charge is 0.119 e. The third kappa shape index (κ3) is 5.06. The number of aryl methyl sites for hydroxylation is 2. The van der Waals surface area contributed by atoms with E-state index < -0.39 is 6.10 Å². The summed E-state index contributed by atoms with van der Waals surface area (Å²) >= 11 is 0. The van der Waals surface area contributed by atoms with Crippen LogP contribution in [-0.4, -0.2) is 34.5 Å². The summed E-state index contributed by atoms with van der Waals surface area (Å²) in [6, 6.07) is 22.1. The molecule has 0 saturated heterocycles. The zero-order valence-electron chi connectivity index (χ0n) is 18.2. The molecule has 1 heterocycles. The van der Waals surface area contributed by atoms with E-state index in [2.05, 4.69) is 10.6 Å². The number of rotatable bonds is 8. The van der Waals surface area contributed by atoms with Gasteiger partial charge >= 0.3 is 0 Å². The molecule has 1 atom stereocenters. The van der Waals surface area contributed by atoms with Crippen LogP contribution in [0.1, 0.15) is 22.5 Å². The molecule has 1 unspecified atom stereocenters. The van der Waals surface area contributed by atoms with E-state index in [1.807, 2.05) is 74.5 Å². The van der Waals surface area contributed by atoms with Crippen molar-refractivity contribution >= 4 is 11.0 Å². The van der Waals surface area contributed by atoms with Crippen molar-refractivity contribution in [3.63, 3.8) is 0 Å². The summed E-state index contributed by atoms with van der Waals surface area (Å²) in [6.07, 6.45) is 0.0107. The Hall–Kier alpha value is -3.31. The van der Waals surface area contributed by atoms with Crippen LogP contribution in [0.4, 0.5) is 0 Å². The van der Waals surface area contributed by atoms with Gasteiger partial charge in [0.25, 0.3) is 0 Å². The second kappa shape index (κ2) is 9.23. The summed E-state index contributed by atoms with van der Waals surface area (Å²) < 4.78 is 13.2. The van der Waals surface area contributed by atoms with E-state index in [4.69, 9.17) is 14.5 Å². The van der Waals surface area contributed by atoms with Crippen molar-refractivity contribution in [2.45, 2.75) is 32.9 Å². The van der Waals surface area contributed by atoms with Crippen LogP contribution in [0, 0.1) is 13.8 Å². The predicted octanol–water partition coefficient (Wildman–Crippen LogP) is 4.69. The molecule has 1 N–H and O–H groups in total. The Labute approximate surface area is 182 Å². The molecule has 4 aromatic rings. The first kappa shape index (κ1) is 20.9. The third-order valence-corrected chi connectivity index (χ3v) is 5.29. The van der Waals surface area contributed by atoms with Gasteiger partial charge in [-0.1, -0.05) is 30.3 Å². The van der Waals surface area contributed by atoms with Gasteiger partial charge in [0.1, 0.15) is 30.0 Å². The molecule has 0 saturated carbocycles. The normalized spacial score (nSPS) is 12.1. The topological polar surface area (TPSA) is 56.5 Å². The molecule has 4 rings (SSSR count). The second-order valence-electron chi connectivity index (χ2n) is 7.94. The number of aliphatic hydroxyl groups is 1. The van der Waals surface area contributed by atoms with Crippen LogP contribution in [0.5, 0.6) is 11.5 Å². The lowest BCUT2D eigenvalue weighted by molar-refractivity contribution is 0.0927. The molecule has 5 heteroatoms. The Bertz CT molecular complexity index is 1140. The van der Waals surface area contributed by atoms with E-state index in [-0.39, 0.29) is 6.61 Å². The fraction of sp³-hybridized carbons (Fsp3) is 0.269. The molecule has 160 valence electrons. The van der Waals surface area contributed by atoms with E-state index >= 15 is 0 Å². The van der Waals surface area contributed by atoms with Crippen molar-refractivity contribution in [1.82, 2.24) is 9.55 Å². The first-order valence-corrected chi connectivity index (χ1v) is 10.5. The number of aliphatic hydroxyl groups excluding tert-OH is 1. The standard InChI is InChI=1S/C26H28N2O3/c1-18-12-19(2)14-23(13-18)31-17-21(29)16-28-25-7-5-4-6-24(25)27-26(28)15-20-8-10-22(30-3)11-9-20/h4-14,21,29H,15-17H2,1-3H3. The highest BCUT2D eigenvalue weighted by molar-refractivity contribution is 5.76. The van der Waals surface area contributed by atoms with Gasteiger partial charge in [0.05, 0.1) is 24.7 Å². The zero-order chi connectivity index (χ0) is 21.8. The fourth-order valence-electron chi connectivity index (χ4n) is 3.86. The number of ether oxygens (including phenoxy) is 2. The quantitative estimate of drug-likeness (QED) is 0.453. The highest BCUT2D eigenvalue weighted by Gasteiger charge is 2.15. The average Bonchev–Trinajstić information content (AvgIpc) is 3.09. The molecule has 0 radical (unpaired) electrons. The summed E-state index contributed by atoms with van der Waals surface area (Å²) in [5.74, 6) is 2.53. The van der Waals surface area contributed by atoms with Gasteiger partial charge in [0, 0.05) is 6.42 Å². The Balaban J connectivity index is 1.53. The third-order valence-electron chi connectivity index (χ3n) is 5.29. The number of nitrogens with zero attached hydrogens (tertiary/aromatic N) is 2. The molecule has 0 aliphatic rings. The molecule has 0 aliphatic carbocycles. The summed E-state index contributed by atoms with van der Waals surface area (Å²) in [5, 5.41) is 10.7. The molecule has 31 heavy (non-hydrogen) atoms. The summed E-state index contributed by atoms with van der Waals surface area (Å²) in [5.41, 5.74) is 5.36. The van der Waals surface area contributed by atoms with E-state index in [1.165, 1.54) is 0 Å². The van der Waals surface area contributed by atoms with Gasteiger partial charge in [-0.15, -0.1) is 0 Å². The van der Waals surface area contributed by atoms with Crippen LogP contribution in [0.2, 0.25) is 0 Å². The minimum atomic E-state index is -0.659. The molecule has 3 aromatic carbocycles. The van der Waals surface area contributed by atoms with Gasteiger partial charge in [-0.2, -0.15) is 0 Å². The average molecular weight is 417 g/mol. The lowest BCUT2D eigenvalue weighted by Crippen LogP contribution is -2.24. The van der Waals surface area contributed by atoms with Crippen molar-refractivity contribution in [3.05, 3.63) is 89.2 Å². The van der Waals surface area contributed by atoms with Crippen LogP contribution in [0.15, 0.2) is 66.7 Å². The minimum Gasteiger partial charge on any atom is -0.497 e. The van der Waals surface area contributed by atoms with Crippen molar-refractivity contribution in [2.75, 3.05) is 13.7 Å². The molecule has 0 bridgehead atoms. The Morgan fingerprint density at radius 2 is 1.65 bits per heavy atom. The van der Waals surface area contributed by atoms with Crippen LogP contribution in [0.3, 0.4) is 0 Å². The van der Waals surface area contributed by atoms with E-state index in [0.717, 1.165) is 45.0 Å². The molecular formula is C26H28N2O3. The molecule has 0 amide bonds. The maximum atomic E-state index is 10.7. The van der Waals surface area contributed by atoms with Crippen molar-refractivity contribution in [1.29, 1.82) is 0 Å². The lowest BCUT2D eigenvalue weighted by Gasteiger charge is -2.16. The lowest BCUT2D eigenvalue weighted by atomic mass is 10.1. The number of benzene rings is 3. The van der Waals surface area contributed by atoms with Crippen LogP contribution in [-0.2, 0) is 13.0 Å². The first-order valence-electron chi connectivity index (χ1n) is 10.5. The van der Waals surface area contributed by atoms with Crippen LogP contribution < -0.4 is 9.47 Å². The molecule has 0 spiro atoms. The van der Waals surface area contributed by atoms with Crippen molar-refractivity contribution in [3.8, 4) is 11.5 Å². The van der Waals surface area contributed by atoms with Gasteiger partial charge < -0.3 is 19.1 Å². The van der Waals surface area contributed by atoms with Crippen LogP contribution >= 0.6 is 0 Å².